The molecule has 7 nitrogen and oxygen atoms in total. The SMILES string of the molecule is CCn1cc(-c2nc3ccc(C(=O)OC)cc3n(CCNC)c2=O)c2ccccc21. The number of ether oxygens (including phenoxy) is 1. The van der Waals surface area contributed by atoms with Crippen LogP contribution < -0.4 is 10.9 Å². The molecule has 1 N–H and O–H groups in total. The number of nitrogens with one attached hydrogen (secondary N) is 1. The van der Waals surface area contributed by atoms with E-state index >= 15 is 0 Å². The third kappa shape index (κ3) is 3.27. The van der Waals surface area contributed by atoms with E-state index in [1.54, 1.807) is 22.8 Å². The van der Waals surface area contributed by atoms with Crippen LogP contribution in [0, 0.1) is 0 Å². The molecule has 154 valence electrons. The number of nitrogens with zero attached hydrogens (tertiary/aromatic N) is 3. The van der Waals surface area contributed by atoms with Crippen LogP contribution in [0.25, 0.3) is 33.2 Å². The van der Waals surface area contributed by atoms with Crippen molar-refractivity contribution in [2.45, 2.75) is 20.0 Å². The first kappa shape index (κ1) is 19.8. The van der Waals surface area contributed by atoms with Crippen molar-refractivity contribution < 1.29 is 9.53 Å². The zero-order chi connectivity index (χ0) is 21.3. The summed E-state index contributed by atoms with van der Waals surface area (Å²) in [7, 11) is 3.18. The number of aryl methyl sites for hydroxylation is 1. The number of fused-ring (bicyclic) bond motifs is 2. The van der Waals surface area contributed by atoms with E-state index in [1.807, 2.05) is 37.5 Å². The van der Waals surface area contributed by atoms with Gasteiger partial charge in [-0.1, -0.05) is 18.2 Å². The zero-order valence-electron chi connectivity index (χ0n) is 17.3. The van der Waals surface area contributed by atoms with Gasteiger partial charge in [-0.3, -0.25) is 4.79 Å². The van der Waals surface area contributed by atoms with Crippen LogP contribution in [0.3, 0.4) is 0 Å². The van der Waals surface area contributed by atoms with E-state index in [1.165, 1.54) is 7.11 Å². The van der Waals surface area contributed by atoms with Crippen LogP contribution in [-0.4, -0.2) is 40.8 Å². The van der Waals surface area contributed by atoms with Gasteiger partial charge in [0.1, 0.15) is 5.69 Å². The fourth-order valence-corrected chi connectivity index (χ4v) is 3.80. The summed E-state index contributed by atoms with van der Waals surface area (Å²) < 4.78 is 8.63. The lowest BCUT2D eigenvalue weighted by atomic mass is 10.1. The van der Waals surface area contributed by atoms with Crippen LogP contribution in [0.2, 0.25) is 0 Å². The predicted molar refractivity (Wildman–Crippen MR) is 118 cm³/mol. The Kier molecular flexibility index (Phi) is 5.37. The Labute approximate surface area is 173 Å². The lowest BCUT2D eigenvalue weighted by Gasteiger charge is -2.13. The third-order valence-electron chi connectivity index (χ3n) is 5.34. The second kappa shape index (κ2) is 8.12. The molecule has 0 aliphatic rings. The topological polar surface area (TPSA) is 78.2 Å². The maximum absolute atomic E-state index is 13.5. The largest absolute Gasteiger partial charge is 0.465 e. The minimum absolute atomic E-state index is 0.182. The molecule has 0 saturated heterocycles. The number of rotatable bonds is 6. The van der Waals surface area contributed by atoms with Crippen molar-refractivity contribution in [3.8, 4) is 11.3 Å². The quantitative estimate of drug-likeness (QED) is 0.500. The summed E-state index contributed by atoms with van der Waals surface area (Å²) in [5.41, 5.74) is 3.77. The van der Waals surface area contributed by atoms with Gasteiger partial charge in [-0.25, -0.2) is 9.78 Å². The molecular weight excluding hydrogens is 380 g/mol. The first-order chi connectivity index (χ1) is 14.6. The van der Waals surface area contributed by atoms with Crippen LogP contribution in [0.1, 0.15) is 17.3 Å². The highest BCUT2D eigenvalue weighted by atomic mass is 16.5. The van der Waals surface area contributed by atoms with Crippen molar-refractivity contribution in [2.75, 3.05) is 20.7 Å². The second-order valence-corrected chi connectivity index (χ2v) is 7.06. The monoisotopic (exact) mass is 404 g/mol. The van der Waals surface area contributed by atoms with Gasteiger partial charge in [-0.15, -0.1) is 0 Å². The molecule has 7 heteroatoms. The smallest absolute Gasteiger partial charge is 0.337 e. The van der Waals surface area contributed by atoms with Gasteiger partial charge in [0.25, 0.3) is 5.56 Å². The Morgan fingerprint density at radius 1 is 1.17 bits per heavy atom. The molecule has 0 saturated carbocycles. The number of para-hydroxylation sites is 1. The lowest BCUT2D eigenvalue weighted by molar-refractivity contribution is 0.0601. The molecule has 0 amide bonds. The third-order valence-corrected chi connectivity index (χ3v) is 5.34. The van der Waals surface area contributed by atoms with E-state index < -0.39 is 5.97 Å². The van der Waals surface area contributed by atoms with Gasteiger partial charge in [-0.05, 0) is 38.2 Å². The summed E-state index contributed by atoms with van der Waals surface area (Å²) in [5, 5.41) is 4.08. The highest BCUT2D eigenvalue weighted by Crippen LogP contribution is 2.29. The zero-order valence-corrected chi connectivity index (χ0v) is 17.3. The van der Waals surface area contributed by atoms with Crippen molar-refractivity contribution in [1.29, 1.82) is 0 Å². The average Bonchev–Trinajstić information content (AvgIpc) is 3.16. The fourth-order valence-electron chi connectivity index (χ4n) is 3.80. The van der Waals surface area contributed by atoms with E-state index in [4.69, 9.17) is 9.72 Å². The fraction of sp³-hybridized carbons (Fsp3) is 0.261. The Balaban J connectivity index is 2.01. The van der Waals surface area contributed by atoms with Gasteiger partial charge in [0.05, 0.1) is 23.7 Å². The molecule has 4 aromatic rings. The number of hydrogen-bond acceptors (Lipinski definition) is 5. The summed E-state index contributed by atoms with van der Waals surface area (Å²) in [6, 6.07) is 13.1. The van der Waals surface area contributed by atoms with E-state index in [0.29, 0.717) is 35.4 Å². The normalized spacial score (nSPS) is 11.3. The molecule has 0 bridgehead atoms. The van der Waals surface area contributed by atoms with Gasteiger partial charge in [0.15, 0.2) is 0 Å². The molecule has 2 aromatic heterocycles. The van der Waals surface area contributed by atoms with Crippen molar-refractivity contribution in [2.24, 2.45) is 0 Å². The summed E-state index contributed by atoms with van der Waals surface area (Å²) in [5.74, 6) is -0.445. The van der Waals surface area contributed by atoms with E-state index in [9.17, 15) is 9.59 Å². The Hall–Kier alpha value is -3.45. The van der Waals surface area contributed by atoms with Gasteiger partial charge in [-0.2, -0.15) is 0 Å². The van der Waals surface area contributed by atoms with E-state index in [0.717, 1.165) is 23.0 Å². The standard InChI is InChI=1S/C23H24N4O3/c1-4-26-14-17(16-7-5-6-8-19(16)26)21-22(28)27(12-11-24-2)20-13-15(23(29)30-3)9-10-18(20)25-21/h5-10,13-14,24H,4,11-12H2,1-3H3. The summed E-state index contributed by atoms with van der Waals surface area (Å²) >= 11 is 0. The second-order valence-electron chi connectivity index (χ2n) is 7.06. The Bertz CT molecular complexity index is 1300. The van der Waals surface area contributed by atoms with E-state index in [-0.39, 0.29) is 5.56 Å². The van der Waals surface area contributed by atoms with Crippen LogP contribution >= 0.6 is 0 Å². The summed E-state index contributed by atoms with van der Waals surface area (Å²) in [6.07, 6.45) is 1.99. The molecule has 4 rings (SSSR count). The maximum Gasteiger partial charge on any atom is 0.337 e. The minimum atomic E-state index is -0.445. The summed E-state index contributed by atoms with van der Waals surface area (Å²) in [6.45, 7) is 3.93. The minimum Gasteiger partial charge on any atom is -0.465 e. The van der Waals surface area contributed by atoms with Gasteiger partial charge in [0.2, 0.25) is 0 Å². The molecule has 0 radical (unpaired) electrons. The van der Waals surface area contributed by atoms with E-state index in [2.05, 4.69) is 16.8 Å². The number of benzene rings is 2. The number of methoxy groups -OCH3 is 1. The first-order valence-corrected chi connectivity index (χ1v) is 9.94. The molecule has 2 aromatic carbocycles. The van der Waals surface area contributed by atoms with Crippen LogP contribution in [0.5, 0.6) is 0 Å². The molecule has 2 heterocycles. The predicted octanol–water partition coefficient (Wildman–Crippen LogP) is 3.04. The average molecular weight is 404 g/mol. The maximum atomic E-state index is 13.5. The number of carbonyl (C=O) groups excluding carboxylic acids is 1. The first-order valence-electron chi connectivity index (χ1n) is 9.94. The number of aromatic nitrogens is 3. The number of esters is 1. The lowest BCUT2D eigenvalue weighted by Crippen LogP contribution is -2.28. The molecule has 30 heavy (non-hydrogen) atoms. The van der Waals surface area contributed by atoms with Crippen molar-refractivity contribution >= 4 is 27.9 Å². The van der Waals surface area contributed by atoms with Crippen molar-refractivity contribution in [3.63, 3.8) is 0 Å². The van der Waals surface area contributed by atoms with Crippen molar-refractivity contribution in [3.05, 3.63) is 64.6 Å². The molecule has 0 atom stereocenters. The molecule has 0 fully saturated rings. The van der Waals surface area contributed by atoms with Gasteiger partial charge >= 0.3 is 5.97 Å². The molecular formula is C23H24N4O3. The number of carbonyl (C=O) groups is 1. The van der Waals surface area contributed by atoms with Gasteiger partial charge in [0, 0.05) is 42.3 Å². The molecule has 0 aliphatic carbocycles. The molecule has 0 unspecified atom stereocenters. The van der Waals surface area contributed by atoms with Gasteiger partial charge < -0.3 is 19.2 Å². The molecule has 0 aliphatic heterocycles. The molecule has 0 spiro atoms. The van der Waals surface area contributed by atoms with Crippen LogP contribution in [0.4, 0.5) is 0 Å². The van der Waals surface area contributed by atoms with Crippen molar-refractivity contribution in [1.82, 2.24) is 19.4 Å². The Morgan fingerprint density at radius 2 is 1.97 bits per heavy atom. The van der Waals surface area contributed by atoms with Crippen LogP contribution in [0.15, 0.2) is 53.5 Å². The Morgan fingerprint density at radius 3 is 2.70 bits per heavy atom. The van der Waals surface area contributed by atoms with Crippen LogP contribution in [-0.2, 0) is 17.8 Å². The highest BCUT2D eigenvalue weighted by molar-refractivity contribution is 5.97. The number of hydrogen-bond donors (Lipinski definition) is 1. The number of likely N-dealkylation sites (N-methyl/N-ethyl adjacent to an activating group) is 1. The summed E-state index contributed by atoms with van der Waals surface area (Å²) in [4.78, 5) is 30.2. The highest BCUT2D eigenvalue weighted by Gasteiger charge is 2.18.